The summed E-state index contributed by atoms with van der Waals surface area (Å²) in [5.41, 5.74) is -0.0715. The Bertz CT molecular complexity index is 526. The normalized spacial score (nSPS) is 22.8. The molecule has 0 aliphatic carbocycles. The number of hydrogen-bond acceptors (Lipinski definition) is 4. The summed E-state index contributed by atoms with van der Waals surface area (Å²) in [6.07, 6.45) is 1.32. The maximum atomic E-state index is 12.4. The number of hydrogen-bond donors (Lipinski definition) is 1. The molecule has 104 valence electrons. The molecule has 2 heterocycles. The van der Waals surface area contributed by atoms with Crippen LogP contribution >= 0.6 is 11.3 Å². The van der Waals surface area contributed by atoms with Crippen LogP contribution in [-0.2, 0) is 11.2 Å². The van der Waals surface area contributed by atoms with Crippen molar-refractivity contribution in [2.45, 2.75) is 33.6 Å². The highest BCUT2D eigenvalue weighted by atomic mass is 32.1. The van der Waals surface area contributed by atoms with Crippen LogP contribution in [0.4, 0.5) is 0 Å². The van der Waals surface area contributed by atoms with Gasteiger partial charge in [-0.2, -0.15) is 0 Å². The lowest BCUT2D eigenvalue weighted by molar-refractivity contribution is -0.147. The second kappa shape index (κ2) is 4.92. The zero-order valence-corrected chi connectivity index (χ0v) is 12.2. The van der Waals surface area contributed by atoms with Gasteiger partial charge in [0.1, 0.15) is 4.88 Å². The Balaban J connectivity index is 2.17. The van der Waals surface area contributed by atoms with Crippen molar-refractivity contribution in [3.05, 3.63) is 15.6 Å². The number of carbonyl (C=O) groups is 2. The van der Waals surface area contributed by atoms with Crippen LogP contribution in [0.1, 0.15) is 40.6 Å². The summed E-state index contributed by atoms with van der Waals surface area (Å²) in [4.78, 5) is 30.2. The predicted molar refractivity (Wildman–Crippen MR) is 72.5 cm³/mol. The van der Waals surface area contributed by atoms with E-state index in [0.717, 1.165) is 17.1 Å². The van der Waals surface area contributed by atoms with Gasteiger partial charge in [-0.1, -0.05) is 6.92 Å². The third-order valence-electron chi connectivity index (χ3n) is 3.61. The van der Waals surface area contributed by atoms with Crippen LogP contribution in [0.5, 0.6) is 0 Å². The third-order valence-corrected chi connectivity index (χ3v) is 4.90. The van der Waals surface area contributed by atoms with E-state index in [1.54, 1.807) is 11.8 Å². The number of aromatic nitrogens is 1. The Morgan fingerprint density at radius 2 is 2.21 bits per heavy atom. The molecular weight excluding hydrogens is 264 g/mol. The Morgan fingerprint density at radius 3 is 2.68 bits per heavy atom. The summed E-state index contributed by atoms with van der Waals surface area (Å²) in [5.74, 6) is -0.919. The van der Waals surface area contributed by atoms with Gasteiger partial charge in [0, 0.05) is 13.1 Å². The molecule has 5 nitrogen and oxygen atoms in total. The Morgan fingerprint density at radius 1 is 1.53 bits per heavy atom. The molecule has 0 spiro atoms. The molecule has 0 radical (unpaired) electrons. The van der Waals surface area contributed by atoms with Crippen LogP contribution in [0.2, 0.25) is 0 Å². The van der Waals surface area contributed by atoms with E-state index in [2.05, 4.69) is 4.98 Å². The van der Waals surface area contributed by atoms with Crippen molar-refractivity contribution in [1.82, 2.24) is 9.88 Å². The predicted octanol–water partition coefficient (Wildman–Crippen LogP) is 1.95. The molecule has 1 N–H and O–H groups in total. The number of carboxylic acids is 1. The molecule has 1 unspecified atom stereocenters. The molecule has 0 aromatic carbocycles. The Labute approximate surface area is 116 Å². The van der Waals surface area contributed by atoms with Crippen LogP contribution < -0.4 is 0 Å². The molecule has 1 aliphatic heterocycles. The summed E-state index contributed by atoms with van der Waals surface area (Å²) in [7, 11) is 0. The van der Waals surface area contributed by atoms with Crippen LogP contribution in [0, 0.1) is 12.3 Å². The lowest BCUT2D eigenvalue weighted by atomic mass is 9.90. The zero-order valence-electron chi connectivity index (χ0n) is 11.4. The van der Waals surface area contributed by atoms with Gasteiger partial charge in [-0.05, 0) is 26.7 Å². The van der Waals surface area contributed by atoms with Gasteiger partial charge in [0.05, 0.1) is 16.1 Å². The van der Waals surface area contributed by atoms with E-state index in [9.17, 15) is 14.7 Å². The second-order valence-electron chi connectivity index (χ2n) is 5.22. The van der Waals surface area contributed by atoms with Crippen LogP contribution in [0.15, 0.2) is 0 Å². The molecule has 1 aromatic heterocycles. The van der Waals surface area contributed by atoms with Crippen molar-refractivity contribution in [2.24, 2.45) is 5.41 Å². The molecule has 1 aliphatic rings. The monoisotopic (exact) mass is 282 g/mol. The zero-order chi connectivity index (χ0) is 14.2. The Kier molecular flexibility index (Phi) is 3.62. The molecule has 1 aromatic rings. The second-order valence-corrected chi connectivity index (χ2v) is 6.30. The van der Waals surface area contributed by atoms with Crippen molar-refractivity contribution in [3.8, 4) is 0 Å². The summed E-state index contributed by atoms with van der Waals surface area (Å²) in [5, 5.41) is 10.1. The number of carboxylic acid groups (broad SMARTS) is 1. The van der Waals surface area contributed by atoms with Crippen LogP contribution in [0.3, 0.4) is 0 Å². The van der Waals surface area contributed by atoms with Crippen molar-refractivity contribution in [3.63, 3.8) is 0 Å². The molecule has 6 heteroatoms. The van der Waals surface area contributed by atoms with E-state index in [1.165, 1.54) is 11.3 Å². The van der Waals surface area contributed by atoms with E-state index in [-0.39, 0.29) is 12.5 Å². The number of aliphatic carboxylic acids is 1. The molecule has 0 bridgehead atoms. The first-order valence-electron chi connectivity index (χ1n) is 6.36. The first kappa shape index (κ1) is 14.0. The number of likely N-dealkylation sites (tertiary alicyclic amines) is 1. The van der Waals surface area contributed by atoms with E-state index in [4.69, 9.17) is 0 Å². The first-order valence-corrected chi connectivity index (χ1v) is 7.18. The van der Waals surface area contributed by atoms with Gasteiger partial charge in [-0.3, -0.25) is 9.59 Å². The smallest absolute Gasteiger partial charge is 0.311 e. The van der Waals surface area contributed by atoms with Gasteiger partial charge in [-0.15, -0.1) is 11.3 Å². The average molecular weight is 282 g/mol. The van der Waals surface area contributed by atoms with Gasteiger partial charge in [0.2, 0.25) is 0 Å². The standard InChI is InChI=1S/C13H18N2O3S/c1-4-9-14-8(2)10(19-9)11(16)15-6-5-13(3,7-15)12(17)18/h4-7H2,1-3H3,(H,17,18). The number of amides is 1. The maximum Gasteiger partial charge on any atom is 0.311 e. The van der Waals surface area contributed by atoms with Crippen LogP contribution in [-0.4, -0.2) is 40.0 Å². The Hall–Kier alpha value is -1.43. The quantitative estimate of drug-likeness (QED) is 0.920. The highest BCUT2D eigenvalue weighted by Gasteiger charge is 2.42. The van der Waals surface area contributed by atoms with E-state index < -0.39 is 11.4 Å². The molecule has 2 rings (SSSR count). The minimum absolute atomic E-state index is 0.0836. The van der Waals surface area contributed by atoms with Crippen molar-refractivity contribution >= 4 is 23.2 Å². The molecule has 0 saturated carbocycles. The van der Waals surface area contributed by atoms with E-state index in [1.807, 2.05) is 13.8 Å². The minimum Gasteiger partial charge on any atom is -0.481 e. The molecule has 1 amide bonds. The highest BCUT2D eigenvalue weighted by molar-refractivity contribution is 7.13. The number of thiazole rings is 1. The number of aryl methyl sites for hydroxylation is 2. The minimum atomic E-state index is -0.835. The fraction of sp³-hybridized carbons (Fsp3) is 0.615. The van der Waals surface area contributed by atoms with E-state index >= 15 is 0 Å². The largest absolute Gasteiger partial charge is 0.481 e. The van der Waals surface area contributed by atoms with Crippen molar-refractivity contribution in [1.29, 1.82) is 0 Å². The fourth-order valence-electron chi connectivity index (χ4n) is 2.25. The van der Waals surface area contributed by atoms with Crippen LogP contribution in [0.25, 0.3) is 0 Å². The summed E-state index contributed by atoms with van der Waals surface area (Å²) < 4.78 is 0. The van der Waals surface area contributed by atoms with Gasteiger partial charge >= 0.3 is 5.97 Å². The number of carbonyl (C=O) groups excluding carboxylic acids is 1. The SMILES string of the molecule is CCc1nc(C)c(C(=O)N2CCC(C)(C(=O)O)C2)s1. The molecule has 1 atom stereocenters. The van der Waals surface area contributed by atoms with Gasteiger partial charge in [0.25, 0.3) is 5.91 Å². The highest BCUT2D eigenvalue weighted by Crippen LogP contribution is 2.32. The van der Waals surface area contributed by atoms with Gasteiger partial charge < -0.3 is 10.0 Å². The fourth-order valence-corrected chi connectivity index (χ4v) is 3.23. The molecule has 19 heavy (non-hydrogen) atoms. The van der Waals surface area contributed by atoms with Crippen molar-refractivity contribution in [2.75, 3.05) is 13.1 Å². The number of rotatable bonds is 3. The van der Waals surface area contributed by atoms with E-state index in [0.29, 0.717) is 17.8 Å². The lowest BCUT2D eigenvalue weighted by Crippen LogP contribution is -2.34. The van der Waals surface area contributed by atoms with Crippen molar-refractivity contribution < 1.29 is 14.7 Å². The van der Waals surface area contributed by atoms with Gasteiger partial charge in [-0.25, -0.2) is 4.98 Å². The summed E-state index contributed by atoms with van der Waals surface area (Å²) >= 11 is 1.41. The molecule has 1 fully saturated rings. The maximum absolute atomic E-state index is 12.4. The average Bonchev–Trinajstić information content (AvgIpc) is 2.93. The third kappa shape index (κ3) is 2.49. The summed E-state index contributed by atoms with van der Waals surface area (Å²) in [6, 6.07) is 0. The topological polar surface area (TPSA) is 70.5 Å². The molecular formula is C13H18N2O3S. The van der Waals surface area contributed by atoms with Gasteiger partial charge in [0.15, 0.2) is 0 Å². The summed E-state index contributed by atoms with van der Waals surface area (Å²) in [6.45, 7) is 6.30. The lowest BCUT2D eigenvalue weighted by Gasteiger charge is -2.19. The molecule has 1 saturated heterocycles. The number of nitrogens with zero attached hydrogens (tertiary/aromatic N) is 2. The first-order chi connectivity index (χ1) is 8.87.